The molecule has 0 fully saturated rings. The predicted octanol–water partition coefficient (Wildman–Crippen LogP) is 2.05. The average molecular weight is 195 g/mol. The topological polar surface area (TPSA) is 30.7 Å². The Morgan fingerprint density at radius 1 is 1.38 bits per heavy atom. The average Bonchev–Trinajstić information content (AvgIpc) is 2.46. The van der Waals surface area contributed by atoms with E-state index in [1.165, 1.54) is 0 Å². The molecule has 0 unspecified atom stereocenters. The van der Waals surface area contributed by atoms with Gasteiger partial charge in [0, 0.05) is 12.3 Å². The fraction of sp³-hybridized carbons (Fsp3) is 0.333. The van der Waals surface area contributed by atoms with E-state index in [4.69, 9.17) is 0 Å². The van der Waals surface area contributed by atoms with Gasteiger partial charge in [0.15, 0.2) is 5.16 Å². The summed E-state index contributed by atoms with van der Waals surface area (Å²) in [5.74, 6) is 1.78. The molecule has 0 atom stereocenters. The SMILES string of the molecule is C=CCSc1nnc(C)n1CC=C. The van der Waals surface area contributed by atoms with Crippen molar-refractivity contribution in [1.82, 2.24) is 14.8 Å². The van der Waals surface area contributed by atoms with E-state index in [1.54, 1.807) is 11.8 Å². The third-order valence-electron chi connectivity index (χ3n) is 1.54. The zero-order valence-electron chi connectivity index (χ0n) is 7.73. The summed E-state index contributed by atoms with van der Waals surface area (Å²) in [6, 6.07) is 0. The first-order chi connectivity index (χ1) is 6.29. The van der Waals surface area contributed by atoms with Gasteiger partial charge in [-0.05, 0) is 6.92 Å². The standard InChI is InChI=1S/C9H13N3S/c1-4-6-12-8(3)10-11-9(12)13-7-5-2/h4-5H,1-2,6-7H2,3H3. The Morgan fingerprint density at radius 3 is 2.77 bits per heavy atom. The van der Waals surface area contributed by atoms with Gasteiger partial charge in [0.1, 0.15) is 5.82 Å². The molecule has 1 aromatic rings. The normalized spacial score (nSPS) is 9.92. The van der Waals surface area contributed by atoms with Crippen LogP contribution in [0.5, 0.6) is 0 Å². The van der Waals surface area contributed by atoms with Crippen molar-refractivity contribution in [3.05, 3.63) is 31.1 Å². The quantitative estimate of drug-likeness (QED) is 0.532. The zero-order chi connectivity index (χ0) is 9.68. The van der Waals surface area contributed by atoms with Crippen LogP contribution in [0.15, 0.2) is 30.5 Å². The molecule has 4 heteroatoms. The maximum absolute atomic E-state index is 4.05. The number of hydrogen-bond acceptors (Lipinski definition) is 3. The van der Waals surface area contributed by atoms with Crippen LogP contribution in [0.25, 0.3) is 0 Å². The summed E-state index contributed by atoms with van der Waals surface area (Å²) in [7, 11) is 0. The van der Waals surface area contributed by atoms with Crippen LogP contribution >= 0.6 is 11.8 Å². The molecule has 1 heterocycles. The highest BCUT2D eigenvalue weighted by molar-refractivity contribution is 7.99. The predicted molar refractivity (Wildman–Crippen MR) is 55.9 cm³/mol. The lowest BCUT2D eigenvalue weighted by atomic mass is 10.6. The summed E-state index contributed by atoms with van der Waals surface area (Å²) in [4.78, 5) is 0. The van der Waals surface area contributed by atoms with Crippen molar-refractivity contribution in [1.29, 1.82) is 0 Å². The summed E-state index contributed by atoms with van der Waals surface area (Å²) in [5.41, 5.74) is 0. The van der Waals surface area contributed by atoms with E-state index in [0.717, 1.165) is 23.3 Å². The number of rotatable bonds is 5. The van der Waals surface area contributed by atoms with E-state index in [-0.39, 0.29) is 0 Å². The fourth-order valence-electron chi connectivity index (χ4n) is 0.941. The van der Waals surface area contributed by atoms with E-state index in [1.807, 2.05) is 23.6 Å². The van der Waals surface area contributed by atoms with Gasteiger partial charge < -0.3 is 4.57 Å². The molecule has 1 aromatic heterocycles. The fourth-order valence-corrected chi connectivity index (χ4v) is 1.67. The Kier molecular flexibility index (Phi) is 3.76. The van der Waals surface area contributed by atoms with Crippen molar-refractivity contribution in [3.63, 3.8) is 0 Å². The Bertz CT molecular complexity index is 304. The van der Waals surface area contributed by atoms with Crippen LogP contribution in [0.2, 0.25) is 0 Å². The summed E-state index contributed by atoms with van der Waals surface area (Å²) >= 11 is 1.63. The molecule has 0 aliphatic carbocycles. The number of hydrogen-bond donors (Lipinski definition) is 0. The highest BCUT2D eigenvalue weighted by Crippen LogP contribution is 2.16. The third kappa shape index (κ3) is 2.45. The first kappa shape index (κ1) is 10.1. The summed E-state index contributed by atoms with van der Waals surface area (Å²) in [6.45, 7) is 10.1. The van der Waals surface area contributed by atoms with Crippen molar-refractivity contribution in [2.24, 2.45) is 0 Å². The molecule has 3 nitrogen and oxygen atoms in total. The molecule has 0 spiro atoms. The van der Waals surface area contributed by atoms with E-state index in [0.29, 0.717) is 0 Å². The van der Waals surface area contributed by atoms with Crippen LogP contribution in [0, 0.1) is 6.92 Å². The van der Waals surface area contributed by atoms with Gasteiger partial charge in [0.05, 0.1) is 0 Å². The van der Waals surface area contributed by atoms with Crippen molar-refractivity contribution >= 4 is 11.8 Å². The van der Waals surface area contributed by atoms with Crippen LogP contribution in [0.3, 0.4) is 0 Å². The van der Waals surface area contributed by atoms with Crippen LogP contribution < -0.4 is 0 Å². The zero-order valence-corrected chi connectivity index (χ0v) is 8.55. The van der Waals surface area contributed by atoms with Gasteiger partial charge in [0.2, 0.25) is 0 Å². The Morgan fingerprint density at radius 2 is 2.15 bits per heavy atom. The van der Waals surface area contributed by atoms with E-state index >= 15 is 0 Å². The van der Waals surface area contributed by atoms with Crippen LogP contribution in [0.1, 0.15) is 5.82 Å². The number of aryl methyl sites for hydroxylation is 1. The number of nitrogens with zero attached hydrogens (tertiary/aromatic N) is 3. The lowest BCUT2D eigenvalue weighted by Crippen LogP contribution is -1.99. The van der Waals surface area contributed by atoms with Gasteiger partial charge >= 0.3 is 0 Å². The largest absolute Gasteiger partial charge is 0.302 e. The lowest BCUT2D eigenvalue weighted by Gasteiger charge is -2.02. The second-order valence-electron chi connectivity index (χ2n) is 2.53. The summed E-state index contributed by atoms with van der Waals surface area (Å²) < 4.78 is 2.03. The first-order valence-corrected chi connectivity index (χ1v) is 5.02. The minimum atomic E-state index is 0.762. The molecule has 0 bridgehead atoms. The molecule has 0 aromatic carbocycles. The first-order valence-electron chi connectivity index (χ1n) is 4.04. The van der Waals surface area contributed by atoms with Gasteiger partial charge in [0.25, 0.3) is 0 Å². The number of allylic oxidation sites excluding steroid dienone is 1. The minimum Gasteiger partial charge on any atom is -0.302 e. The van der Waals surface area contributed by atoms with Crippen molar-refractivity contribution in [2.75, 3.05) is 5.75 Å². The maximum Gasteiger partial charge on any atom is 0.191 e. The highest BCUT2D eigenvalue weighted by atomic mass is 32.2. The van der Waals surface area contributed by atoms with E-state index in [2.05, 4.69) is 23.4 Å². The van der Waals surface area contributed by atoms with Crippen LogP contribution in [-0.4, -0.2) is 20.5 Å². The van der Waals surface area contributed by atoms with E-state index in [9.17, 15) is 0 Å². The Hall–Kier alpha value is -1.03. The van der Waals surface area contributed by atoms with Crippen molar-refractivity contribution in [3.8, 4) is 0 Å². The molecular weight excluding hydrogens is 182 g/mol. The monoisotopic (exact) mass is 195 g/mol. The molecule has 0 N–H and O–H groups in total. The molecule has 13 heavy (non-hydrogen) atoms. The van der Waals surface area contributed by atoms with Gasteiger partial charge in [-0.2, -0.15) is 0 Å². The third-order valence-corrected chi connectivity index (χ3v) is 2.51. The van der Waals surface area contributed by atoms with Gasteiger partial charge in [-0.25, -0.2) is 0 Å². The van der Waals surface area contributed by atoms with Gasteiger partial charge in [-0.3, -0.25) is 0 Å². The van der Waals surface area contributed by atoms with Crippen molar-refractivity contribution in [2.45, 2.75) is 18.6 Å². The Balaban J connectivity index is 2.79. The van der Waals surface area contributed by atoms with Gasteiger partial charge in [-0.1, -0.05) is 23.9 Å². The van der Waals surface area contributed by atoms with Crippen molar-refractivity contribution < 1.29 is 0 Å². The molecule has 0 aliphatic heterocycles. The van der Waals surface area contributed by atoms with Crippen LogP contribution in [0.4, 0.5) is 0 Å². The molecule has 0 saturated carbocycles. The highest BCUT2D eigenvalue weighted by Gasteiger charge is 2.06. The second-order valence-corrected chi connectivity index (χ2v) is 3.52. The lowest BCUT2D eigenvalue weighted by molar-refractivity contribution is 0.704. The summed E-state index contributed by atoms with van der Waals surface area (Å²) in [6.07, 6.45) is 3.70. The minimum absolute atomic E-state index is 0.762. The molecule has 0 saturated heterocycles. The maximum atomic E-state index is 4.05. The summed E-state index contributed by atoms with van der Waals surface area (Å²) in [5, 5.41) is 8.98. The second kappa shape index (κ2) is 4.87. The Labute approximate surface area is 82.6 Å². The molecule has 70 valence electrons. The molecule has 0 aliphatic rings. The smallest absolute Gasteiger partial charge is 0.191 e. The van der Waals surface area contributed by atoms with E-state index < -0.39 is 0 Å². The number of aromatic nitrogens is 3. The molecule has 0 amide bonds. The molecule has 0 radical (unpaired) electrons. The van der Waals surface area contributed by atoms with Crippen LogP contribution in [-0.2, 0) is 6.54 Å². The molecular formula is C9H13N3S. The molecule has 1 rings (SSSR count). The van der Waals surface area contributed by atoms with Gasteiger partial charge in [-0.15, -0.1) is 23.4 Å². The number of thioether (sulfide) groups is 1.